The normalized spacial score (nSPS) is 25.3. The molecule has 1 heterocycles. The summed E-state index contributed by atoms with van der Waals surface area (Å²) < 4.78 is 2.32. The molecule has 1 aromatic heterocycles. The lowest BCUT2D eigenvalue weighted by molar-refractivity contribution is -0.0258. The highest BCUT2D eigenvalue weighted by Gasteiger charge is 2.39. The first-order valence-corrected chi connectivity index (χ1v) is 8.18. The molecule has 1 N–H and O–H groups in total. The Morgan fingerprint density at radius 2 is 2.10 bits per heavy atom. The van der Waals surface area contributed by atoms with Gasteiger partial charge in [0.05, 0.1) is 23.2 Å². The van der Waals surface area contributed by atoms with Crippen LogP contribution < -0.4 is 0 Å². The molecule has 1 fully saturated rings. The van der Waals surface area contributed by atoms with Crippen molar-refractivity contribution >= 4 is 11.0 Å². The summed E-state index contributed by atoms with van der Waals surface area (Å²) in [5, 5.41) is 10.9. The number of aliphatic hydroxyl groups excluding tert-OH is 1. The van der Waals surface area contributed by atoms with Gasteiger partial charge >= 0.3 is 0 Å². The summed E-state index contributed by atoms with van der Waals surface area (Å²) in [7, 11) is 0. The Morgan fingerprint density at radius 3 is 2.86 bits per heavy atom. The zero-order valence-corrected chi connectivity index (χ0v) is 13.3. The van der Waals surface area contributed by atoms with Crippen LogP contribution in [0.1, 0.15) is 58.3 Å². The maximum absolute atomic E-state index is 10.9. The smallest absolute Gasteiger partial charge is 0.110 e. The second kappa shape index (κ2) is 5.45. The van der Waals surface area contributed by atoms with Crippen molar-refractivity contribution in [2.45, 2.75) is 65.0 Å². The van der Waals surface area contributed by atoms with Gasteiger partial charge in [-0.1, -0.05) is 39.3 Å². The Labute approximate surface area is 127 Å². The molecule has 0 saturated heterocycles. The van der Waals surface area contributed by atoms with Crippen LogP contribution in [0.3, 0.4) is 0 Å². The Hall–Kier alpha value is -1.35. The SMILES string of the molecule is CCCc1nc2ccccc2n1C1CCCC(C)(C)C1O. The van der Waals surface area contributed by atoms with E-state index in [1.807, 2.05) is 6.07 Å². The molecule has 3 heteroatoms. The zero-order valence-electron chi connectivity index (χ0n) is 13.3. The van der Waals surface area contributed by atoms with Crippen LogP contribution in [-0.2, 0) is 6.42 Å². The van der Waals surface area contributed by atoms with E-state index in [0.29, 0.717) is 0 Å². The van der Waals surface area contributed by atoms with E-state index in [2.05, 4.69) is 43.5 Å². The fraction of sp³-hybridized carbons (Fsp3) is 0.611. The van der Waals surface area contributed by atoms with E-state index >= 15 is 0 Å². The standard InChI is InChI=1S/C18H26N2O/c1-4-8-16-19-13-9-5-6-10-14(13)20(16)15-11-7-12-18(2,3)17(15)21/h5-6,9-10,15,17,21H,4,7-8,11-12H2,1-3H3. The molecule has 1 aliphatic carbocycles. The monoisotopic (exact) mass is 286 g/mol. The molecule has 114 valence electrons. The van der Waals surface area contributed by atoms with E-state index in [4.69, 9.17) is 4.98 Å². The molecule has 0 amide bonds. The van der Waals surface area contributed by atoms with Crippen LogP contribution in [0.5, 0.6) is 0 Å². The Bertz CT molecular complexity index is 629. The molecule has 0 spiro atoms. The lowest BCUT2D eigenvalue weighted by atomic mass is 9.72. The predicted molar refractivity (Wildman–Crippen MR) is 86.4 cm³/mol. The summed E-state index contributed by atoms with van der Waals surface area (Å²) in [6, 6.07) is 8.47. The number of imidazole rings is 1. The summed E-state index contributed by atoms with van der Waals surface area (Å²) in [4.78, 5) is 4.81. The van der Waals surface area contributed by atoms with E-state index in [0.717, 1.165) is 37.0 Å². The van der Waals surface area contributed by atoms with Gasteiger partial charge in [-0.05, 0) is 36.8 Å². The van der Waals surface area contributed by atoms with Crippen molar-refractivity contribution in [3.63, 3.8) is 0 Å². The third-order valence-corrected chi connectivity index (χ3v) is 4.96. The minimum absolute atomic E-state index is 0.0161. The Kier molecular flexibility index (Phi) is 3.78. The predicted octanol–water partition coefficient (Wildman–Crippen LogP) is 4.10. The summed E-state index contributed by atoms with van der Waals surface area (Å²) in [5.41, 5.74) is 2.21. The fourth-order valence-corrected chi connectivity index (χ4v) is 3.73. The van der Waals surface area contributed by atoms with E-state index in [9.17, 15) is 5.11 Å². The van der Waals surface area contributed by atoms with Crippen LogP contribution >= 0.6 is 0 Å². The van der Waals surface area contributed by atoms with Crippen LogP contribution in [-0.4, -0.2) is 20.8 Å². The maximum atomic E-state index is 10.9. The Balaban J connectivity index is 2.11. The first-order valence-electron chi connectivity index (χ1n) is 8.18. The average Bonchev–Trinajstić information content (AvgIpc) is 2.80. The highest BCUT2D eigenvalue weighted by atomic mass is 16.3. The van der Waals surface area contributed by atoms with Crippen LogP contribution in [0, 0.1) is 5.41 Å². The number of aryl methyl sites for hydroxylation is 1. The maximum Gasteiger partial charge on any atom is 0.110 e. The van der Waals surface area contributed by atoms with Gasteiger partial charge < -0.3 is 9.67 Å². The minimum Gasteiger partial charge on any atom is -0.390 e. The van der Waals surface area contributed by atoms with Gasteiger partial charge in [0.2, 0.25) is 0 Å². The number of fused-ring (bicyclic) bond motifs is 1. The fourth-order valence-electron chi connectivity index (χ4n) is 3.73. The first kappa shape index (κ1) is 14.6. The highest BCUT2D eigenvalue weighted by molar-refractivity contribution is 5.76. The third-order valence-electron chi connectivity index (χ3n) is 4.96. The lowest BCUT2D eigenvalue weighted by Crippen LogP contribution is -2.41. The molecule has 3 nitrogen and oxygen atoms in total. The molecule has 2 aromatic rings. The largest absolute Gasteiger partial charge is 0.390 e. The molecule has 2 atom stereocenters. The van der Waals surface area contributed by atoms with Crippen LogP contribution in [0.25, 0.3) is 11.0 Å². The van der Waals surface area contributed by atoms with E-state index in [-0.39, 0.29) is 17.6 Å². The van der Waals surface area contributed by atoms with Gasteiger partial charge in [-0.3, -0.25) is 0 Å². The molecular weight excluding hydrogens is 260 g/mol. The van der Waals surface area contributed by atoms with Crippen molar-refractivity contribution < 1.29 is 5.11 Å². The molecule has 0 radical (unpaired) electrons. The van der Waals surface area contributed by atoms with Gasteiger partial charge in [0.1, 0.15) is 5.82 Å². The lowest BCUT2D eigenvalue weighted by Gasteiger charge is -2.42. The topological polar surface area (TPSA) is 38.0 Å². The third kappa shape index (κ3) is 2.48. The second-order valence-corrected chi connectivity index (χ2v) is 7.03. The van der Waals surface area contributed by atoms with E-state index in [1.54, 1.807) is 0 Å². The average molecular weight is 286 g/mol. The zero-order chi connectivity index (χ0) is 15.0. The highest BCUT2D eigenvalue weighted by Crippen LogP contribution is 2.42. The number of nitrogens with zero attached hydrogens (tertiary/aromatic N) is 2. The molecule has 21 heavy (non-hydrogen) atoms. The molecule has 1 aliphatic rings. The van der Waals surface area contributed by atoms with Crippen molar-refractivity contribution in [1.29, 1.82) is 0 Å². The summed E-state index contributed by atoms with van der Waals surface area (Å²) >= 11 is 0. The van der Waals surface area contributed by atoms with Crippen LogP contribution in [0.15, 0.2) is 24.3 Å². The second-order valence-electron chi connectivity index (χ2n) is 7.03. The van der Waals surface area contributed by atoms with Crippen molar-refractivity contribution in [2.75, 3.05) is 0 Å². The summed E-state index contributed by atoms with van der Waals surface area (Å²) in [6.07, 6.45) is 5.06. The molecule has 1 aromatic carbocycles. The number of para-hydroxylation sites is 2. The molecule has 0 aliphatic heterocycles. The van der Waals surface area contributed by atoms with Gasteiger partial charge in [0.25, 0.3) is 0 Å². The summed E-state index contributed by atoms with van der Waals surface area (Å²) in [6.45, 7) is 6.55. The van der Waals surface area contributed by atoms with Crippen molar-refractivity contribution in [1.82, 2.24) is 9.55 Å². The van der Waals surface area contributed by atoms with E-state index in [1.165, 1.54) is 11.9 Å². The molecule has 2 unspecified atom stereocenters. The van der Waals surface area contributed by atoms with Gasteiger partial charge in [0, 0.05) is 6.42 Å². The van der Waals surface area contributed by atoms with Crippen LogP contribution in [0.2, 0.25) is 0 Å². The van der Waals surface area contributed by atoms with Crippen molar-refractivity contribution in [2.24, 2.45) is 5.41 Å². The molecule has 0 bridgehead atoms. The van der Waals surface area contributed by atoms with Crippen LogP contribution in [0.4, 0.5) is 0 Å². The number of hydrogen-bond donors (Lipinski definition) is 1. The molecule has 1 saturated carbocycles. The number of aromatic nitrogens is 2. The van der Waals surface area contributed by atoms with Gasteiger partial charge in [-0.15, -0.1) is 0 Å². The number of benzene rings is 1. The van der Waals surface area contributed by atoms with Crippen molar-refractivity contribution in [3.8, 4) is 0 Å². The quantitative estimate of drug-likeness (QED) is 0.922. The minimum atomic E-state index is -0.306. The van der Waals surface area contributed by atoms with Gasteiger partial charge in [0.15, 0.2) is 0 Å². The number of aliphatic hydroxyl groups is 1. The molecule has 3 rings (SSSR count). The van der Waals surface area contributed by atoms with Gasteiger partial charge in [-0.25, -0.2) is 4.98 Å². The van der Waals surface area contributed by atoms with E-state index < -0.39 is 0 Å². The number of hydrogen-bond acceptors (Lipinski definition) is 2. The van der Waals surface area contributed by atoms with Crippen molar-refractivity contribution in [3.05, 3.63) is 30.1 Å². The Morgan fingerprint density at radius 1 is 1.33 bits per heavy atom. The first-order chi connectivity index (χ1) is 10.0. The van der Waals surface area contributed by atoms with Gasteiger partial charge in [-0.2, -0.15) is 0 Å². The molecular formula is C18H26N2O. The summed E-state index contributed by atoms with van der Waals surface area (Å²) in [5.74, 6) is 1.13. The number of rotatable bonds is 3.